The van der Waals surface area contributed by atoms with Gasteiger partial charge in [0.2, 0.25) is 5.91 Å². The molecule has 0 unspecified atom stereocenters. The van der Waals surface area contributed by atoms with Crippen molar-refractivity contribution in [2.75, 3.05) is 14.1 Å². The predicted octanol–water partition coefficient (Wildman–Crippen LogP) is 2.33. The van der Waals surface area contributed by atoms with E-state index in [1.807, 2.05) is 42.6 Å². The number of likely N-dealkylation sites (N-methyl/N-ethyl adjacent to an activating group) is 1. The lowest BCUT2D eigenvalue weighted by atomic mass is 10.2. The first-order valence-electron chi connectivity index (χ1n) is 8.48. The van der Waals surface area contributed by atoms with Crippen LogP contribution < -0.4 is 5.32 Å². The van der Waals surface area contributed by atoms with E-state index in [4.69, 9.17) is 0 Å². The second-order valence-corrected chi connectivity index (χ2v) is 7.03. The number of amides is 2. The Kier molecular flexibility index (Phi) is 5.66. The molecule has 7 nitrogen and oxygen atoms in total. The third-order valence-corrected chi connectivity index (χ3v) is 5.03. The van der Waals surface area contributed by atoms with Gasteiger partial charge < -0.3 is 10.2 Å². The number of carbonyl (C=O) groups is 2. The molecule has 3 rings (SSSR count). The zero-order chi connectivity index (χ0) is 19.4. The van der Waals surface area contributed by atoms with Crippen molar-refractivity contribution < 1.29 is 9.59 Å². The van der Waals surface area contributed by atoms with E-state index in [1.54, 1.807) is 36.4 Å². The maximum absolute atomic E-state index is 12.7. The van der Waals surface area contributed by atoms with Crippen molar-refractivity contribution in [3.8, 4) is 10.6 Å². The van der Waals surface area contributed by atoms with E-state index in [1.165, 1.54) is 4.68 Å². The smallest absolute Gasteiger partial charge is 0.274 e. The van der Waals surface area contributed by atoms with Crippen LogP contribution in [0.1, 0.15) is 21.9 Å². The lowest BCUT2D eigenvalue weighted by molar-refractivity contribution is -0.121. The lowest BCUT2D eigenvalue weighted by Crippen LogP contribution is -2.27. The van der Waals surface area contributed by atoms with Gasteiger partial charge in [0.25, 0.3) is 5.91 Å². The molecule has 8 heteroatoms. The largest absolute Gasteiger partial charge is 0.358 e. The highest BCUT2D eigenvalue weighted by Gasteiger charge is 2.18. The van der Waals surface area contributed by atoms with Crippen molar-refractivity contribution in [1.29, 1.82) is 0 Å². The molecule has 0 spiro atoms. The van der Waals surface area contributed by atoms with Gasteiger partial charge in [0.15, 0.2) is 5.69 Å². The number of carbonyl (C=O) groups excluding carboxylic acids is 2. The van der Waals surface area contributed by atoms with Gasteiger partial charge in [-0.15, -0.1) is 11.3 Å². The maximum atomic E-state index is 12.7. The van der Waals surface area contributed by atoms with Gasteiger partial charge in [0, 0.05) is 30.7 Å². The summed E-state index contributed by atoms with van der Waals surface area (Å²) in [7, 11) is 3.29. The molecule has 140 valence electrons. The average Bonchev–Trinajstić information content (AvgIpc) is 3.28. The molecular weight excluding hydrogens is 362 g/mol. The summed E-state index contributed by atoms with van der Waals surface area (Å²) < 4.78 is 1.52. The van der Waals surface area contributed by atoms with E-state index < -0.39 is 0 Å². The SMILES string of the molecule is CNC(=O)Cn1nc(C(=O)N(C)Cc2csc(-c3ccccc3)n2)cc1C. The summed E-state index contributed by atoms with van der Waals surface area (Å²) in [6, 6.07) is 11.6. The minimum absolute atomic E-state index is 0.0891. The molecule has 0 radical (unpaired) electrons. The molecule has 1 N–H and O–H groups in total. The van der Waals surface area contributed by atoms with Gasteiger partial charge in [-0.25, -0.2) is 4.98 Å². The second-order valence-electron chi connectivity index (χ2n) is 6.17. The third-order valence-electron chi connectivity index (χ3n) is 4.09. The molecular formula is C19H21N5O2S. The summed E-state index contributed by atoms with van der Waals surface area (Å²) in [6.45, 7) is 2.30. The molecule has 0 aliphatic carbocycles. The third kappa shape index (κ3) is 4.40. The molecule has 2 amide bonds. The van der Waals surface area contributed by atoms with Crippen LogP contribution in [-0.4, -0.2) is 45.6 Å². The molecule has 2 aromatic heterocycles. The number of rotatable bonds is 6. The highest BCUT2D eigenvalue weighted by Crippen LogP contribution is 2.24. The molecule has 0 aliphatic rings. The molecule has 27 heavy (non-hydrogen) atoms. The minimum atomic E-state index is -0.206. The lowest BCUT2D eigenvalue weighted by Gasteiger charge is -2.14. The number of aromatic nitrogens is 3. The van der Waals surface area contributed by atoms with E-state index in [2.05, 4.69) is 15.4 Å². The van der Waals surface area contributed by atoms with Crippen molar-refractivity contribution in [1.82, 2.24) is 25.0 Å². The Morgan fingerprint density at radius 1 is 1.26 bits per heavy atom. The summed E-state index contributed by atoms with van der Waals surface area (Å²) in [5, 5.41) is 9.70. The van der Waals surface area contributed by atoms with Crippen LogP contribution in [-0.2, 0) is 17.9 Å². The first-order chi connectivity index (χ1) is 13.0. The van der Waals surface area contributed by atoms with Crippen LogP contribution in [0, 0.1) is 6.92 Å². The van der Waals surface area contributed by atoms with Crippen LogP contribution in [0.5, 0.6) is 0 Å². The number of hydrogen-bond donors (Lipinski definition) is 1. The Labute approximate surface area is 161 Å². The van der Waals surface area contributed by atoms with Gasteiger partial charge in [0.05, 0.1) is 12.2 Å². The molecule has 0 fully saturated rings. The van der Waals surface area contributed by atoms with Gasteiger partial charge in [-0.05, 0) is 13.0 Å². The van der Waals surface area contributed by atoms with Gasteiger partial charge in [-0.1, -0.05) is 30.3 Å². The van der Waals surface area contributed by atoms with E-state index in [9.17, 15) is 9.59 Å². The number of nitrogens with zero attached hydrogens (tertiary/aromatic N) is 4. The topological polar surface area (TPSA) is 80.1 Å². The zero-order valence-corrected chi connectivity index (χ0v) is 16.3. The van der Waals surface area contributed by atoms with Crippen molar-refractivity contribution in [2.45, 2.75) is 20.0 Å². The number of aryl methyl sites for hydroxylation is 1. The van der Waals surface area contributed by atoms with Crippen molar-refractivity contribution in [2.24, 2.45) is 0 Å². The number of benzene rings is 1. The second kappa shape index (κ2) is 8.13. The van der Waals surface area contributed by atoms with Crippen LogP contribution in [0.4, 0.5) is 0 Å². The highest BCUT2D eigenvalue weighted by molar-refractivity contribution is 7.13. The molecule has 1 aromatic carbocycles. The summed E-state index contributed by atoms with van der Waals surface area (Å²) in [4.78, 5) is 30.4. The zero-order valence-electron chi connectivity index (χ0n) is 15.5. The van der Waals surface area contributed by atoms with Crippen LogP contribution in [0.25, 0.3) is 10.6 Å². The van der Waals surface area contributed by atoms with E-state index in [0.717, 1.165) is 22.0 Å². The van der Waals surface area contributed by atoms with E-state index in [0.29, 0.717) is 12.2 Å². The standard InChI is InChI=1S/C19H21N5O2S/c1-13-9-16(22-24(13)11-17(25)20-2)19(26)23(3)10-15-12-27-18(21-15)14-7-5-4-6-8-14/h4-9,12H,10-11H2,1-3H3,(H,20,25). The van der Waals surface area contributed by atoms with E-state index in [-0.39, 0.29) is 18.4 Å². The van der Waals surface area contributed by atoms with Crippen LogP contribution in [0.3, 0.4) is 0 Å². The fourth-order valence-corrected chi connectivity index (χ4v) is 3.41. The molecule has 0 aliphatic heterocycles. The Morgan fingerprint density at radius 3 is 2.70 bits per heavy atom. The van der Waals surface area contributed by atoms with Gasteiger partial charge in [-0.2, -0.15) is 5.10 Å². The Hall–Kier alpha value is -3.00. The number of thiazole rings is 1. The van der Waals surface area contributed by atoms with Gasteiger partial charge in [-0.3, -0.25) is 14.3 Å². The number of nitrogens with one attached hydrogen (secondary N) is 1. The average molecular weight is 383 g/mol. The predicted molar refractivity (Wildman–Crippen MR) is 104 cm³/mol. The van der Waals surface area contributed by atoms with Crippen molar-refractivity contribution >= 4 is 23.2 Å². The highest BCUT2D eigenvalue weighted by atomic mass is 32.1. The molecule has 0 saturated heterocycles. The van der Waals surface area contributed by atoms with Gasteiger partial charge in [0.1, 0.15) is 11.6 Å². The summed E-state index contributed by atoms with van der Waals surface area (Å²) in [6.07, 6.45) is 0. The molecule has 0 saturated carbocycles. The fourth-order valence-electron chi connectivity index (χ4n) is 2.59. The Balaban J connectivity index is 1.69. The summed E-state index contributed by atoms with van der Waals surface area (Å²) >= 11 is 1.55. The minimum Gasteiger partial charge on any atom is -0.358 e. The molecule has 0 atom stereocenters. The normalized spacial score (nSPS) is 10.6. The first-order valence-corrected chi connectivity index (χ1v) is 9.36. The first kappa shape index (κ1) is 18.8. The van der Waals surface area contributed by atoms with Gasteiger partial charge >= 0.3 is 0 Å². The molecule has 2 heterocycles. The van der Waals surface area contributed by atoms with E-state index >= 15 is 0 Å². The molecule has 0 bridgehead atoms. The monoisotopic (exact) mass is 383 g/mol. The quantitative estimate of drug-likeness (QED) is 0.708. The summed E-state index contributed by atoms with van der Waals surface area (Å²) in [5.41, 5.74) is 2.97. The van der Waals surface area contributed by atoms with Crippen molar-refractivity contribution in [3.63, 3.8) is 0 Å². The number of hydrogen-bond acceptors (Lipinski definition) is 5. The Morgan fingerprint density at radius 2 is 2.00 bits per heavy atom. The van der Waals surface area contributed by atoms with Crippen molar-refractivity contribution in [3.05, 3.63) is 58.9 Å². The summed E-state index contributed by atoms with van der Waals surface area (Å²) in [5.74, 6) is -0.368. The fraction of sp³-hybridized carbons (Fsp3) is 0.263. The van der Waals surface area contributed by atoms with Crippen LogP contribution in [0.15, 0.2) is 41.8 Å². The Bertz CT molecular complexity index is 948. The molecule has 3 aromatic rings. The maximum Gasteiger partial charge on any atom is 0.274 e. The van der Waals surface area contributed by atoms with Crippen LogP contribution >= 0.6 is 11.3 Å². The van der Waals surface area contributed by atoms with Crippen LogP contribution in [0.2, 0.25) is 0 Å².